The Morgan fingerprint density at radius 3 is 2.28 bits per heavy atom. The van der Waals surface area contributed by atoms with E-state index in [1.807, 2.05) is 39.0 Å². The number of nitrogens with zero attached hydrogens (tertiary/aromatic N) is 1. The van der Waals surface area contributed by atoms with Crippen LogP contribution in [0.2, 0.25) is 0 Å². The molecule has 2 atom stereocenters. The summed E-state index contributed by atoms with van der Waals surface area (Å²) in [6.45, 7) is 13.2. The van der Waals surface area contributed by atoms with Gasteiger partial charge in [0.25, 0.3) is 0 Å². The normalized spacial score (nSPS) is 12.5. The lowest BCUT2D eigenvalue weighted by atomic mass is 9.95. The van der Waals surface area contributed by atoms with Gasteiger partial charge < -0.3 is 30.1 Å². The summed E-state index contributed by atoms with van der Waals surface area (Å²) in [4.78, 5) is 54.7. The number of amides is 3. The Bertz CT molecular complexity index is 1240. The largest absolute Gasteiger partial charge is 0.508 e. The Kier molecular flexibility index (Phi) is 13.5. The summed E-state index contributed by atoms with van der Waals surface area (Å²) in [5.74, 6) is -1.26. The van der Waals surface area contributed by atoms with Gasteiger partial charge in [0, 0.05) is 19.5 Å². The number of phenolic OH excluding ortho intramolecular Hbond substituents is 1. The molecule has 2 aromatic rings. The van der Waals surface area contributed by atoms with Crippen molar-refractivity contribution in [1.29, 1.82) is 0 Å². The average Bonchev–Trinajstić information content (AvgIpc) is 2.92. The average molecular weight is 598 g/mol. The molecule has 0 aliphatic rings. The number of hydrogen-bond donors (Lipinski definition) is 3. The first kappa shape index (κ1) is 35.1. The number of aromatic hydroxyl groups is 1. The predicted octanol–water partition coefficient (Wildman–Crippen LogP) is 4.88. The second kappa shape index (κ2) is 16.5. The number of unbranched alkanes of at least 4 members (excludes halogenated alkanes) is 1. The van der Waals surface area contributed by atoms with E-state index >= 15 is 0 Å². The van der Waals surface area contributed by atoms with Gasteiger partial charge in [-0.25, -0.2) is 4.79 Å². The lowest BCUT2D eigenvalue weighted by Gasteiger charge is -2.35. The van der Waals surface area contributed by atoms with E-state index in [0.717, 1.165) is 17.5 Å². The van der Waals surface area contributed by atoms with Gasteiger partial charge in [0.05, 0.1) is 13.0 Å². The third-order valence-corrected chi connectivity index (χ3v) is 6.62. The predicted molar refractivity (Wildman–Crippen MR) is 165 cm³/mol. The van der Waals surface area contributed by atoms with Gasteiger partial charge in [-0.2, -0.15) is 0 Å². The van der Waals surface area contributed by atoms with Crippen molar-refractivity contribution >= 4 is 23.9 Å². The molecule has 3 amide bonds. The fraction of sp³-hybridized carbons (Fsp3) is 0.515. The molecule has 0 aromatic heterocycles. The van der Waals surface area contributed by atoms with E-state index < -0.39 is 41.6 Å². The minimum Gasteiger partial charge on any atom is -0.508 e. The van der Waals surface area contributed by atoms with Crippen molar-refractivity contribution in [3.8, 4) is 5.75 Å². The van der Waals surface area contributed by atoms with Crippen molar-refractivity contribution in [1.82, 2.24) is 15.5 Å². The Balaban J connectivity index is 2.55. The van der Waals surface area contributed by atoms with Gasteiger partial charge in [-0.1, -0.05) is 49.2 Å². The van der Waals surface area contributed by atoms with Crippen LogP contribution in [0.5, 0.6) is 5.75 Å². The third kappa shape index (κ3) is 11.6. The molecule has 0 aliphatic carbocycles. The quantitative estimate of drug-likeness (QED) is 0.264. The van der Waals surface area contributed by atoms with E-state index in [4.69, 9.17) is 9.47 Å². The van der Waals surface area contributed by atoms with Gasteiger partial charge in [-0.15, -0.1) is 0 Å². The van der Waals surface area contributed by atoms with E-state index in [1.165, 1.54) is 17.0 Å². The zero-order valence-electron chi connectivity index (χ0n) is 26.5. The summed E-state index contributed by atoms with van der Waals surface area (Å²) in [5, 5.41) is 15.3. The molecule has 0 aliphatic heterocycles. The van der Waals surface area contributed by atoms with E-state index in [0.29, 0.717) is 17.5 Å². The van der Waals surface area contributed by atoms with Crippen molar-refractivity contribution in [2.24, 2.45) is 0 Å². The van der Waals surface area contributed by atoms with Crippen molar-refractivity contribution in [3.05, 3.63) is 64.7 Å². The smallest absolute Gasteiger partial charge is 0.408 e. The second-order valence-electron chi connectivity index (χ2n) is 11.6. The van der Waals surface area contributed by atoms with Crippen LogP contribution in [0.3, 0.4) is 0 Å². The van der Waals surface area contributed by atoms with Crippen LogP contribution in [0, 0.1) is 13.8 Å². The van der Waals surface area contributed by atoms with E-state index in [2.05, 4.69) is 10.6 Å². The number of aryl methyl sites for hydroxylation is 2. The van der Waals surface area contributed by atoms with Crippen LogP contribution in [-0.4, -0.2) is 65.2 Å². The molecule has 0 radical (unpaired) electrons. The summed E-state index contributed by atoms with van der Waals surface area (Å²) in [7, 11) is 0. The molecule has 43 heavy (non-hydrogen) atoms. The fourth-order valence-corrected chi connectivity index (χ4v) is 4.54. The molecule has 0 saturated heterocycles. The molecule has 0 saturated carbocycles. The fourth-order valence-electron chi connectivity index (χ4n) is 4.54. The maximum Gasteiger partial charge on any atom is 0.408 e. The highest BCUT2D eigenvalue weighted by molar-refractivity contribution is 5.92. The molecule has 0 fully saturated rings. The Morgan fingerprint density at radius 2 is 1.67 bits per heavy atom. The molecule has 0 bridgehead atoms. The first-order chi connectivity index (χ1) is 20.2. The van der Waals surface area contributed by atoms with Crippen LogP contribution < -0.4 is 10.6 Å². The number of benzene rings is 2. The topological polar surface area (TPSA) is 134 Å². The number of esters is 1. The molecule has 0 spiro atoms. The van der Waals surface area contributed by atoms with E-state index in [1.54, 1.807) is 39.8 Å². The van der Waals surface area contributed by atoms with Gasteiger partial charge in [-0.05, 0) is 76.8 Å². The molecule has 10 heteroatoms. The molecule has 0 heterocycles. The Labute approximate surface area is 255 Å². The lowest BCUT2D eigenvalue weighted by molar-refractivity contribution is -0.144. The number of phenols is 1. The van der Waals surface area contributed by atoms with Crippen LogP contribution in [0.1, 0.15) is 82.2 Å². The van der Waals surface area contributed by atoms with Gasteiger partial charge in [-0.3, -0.25) is 14.4 Å². The molecule has 2 rings (SSSR count). The number of alkyl carbamates (subject to hydrolysis) is 1. The molecule has 2 unspecified atom stereocenters. The van der Waals surface area contributed by atoms with Gasteiger partial charge in [0.15, 0.2) is 0 Å². The summed E-state index contributed by atoms with van der Waals surface area (Å²) < 4.78 is 10.5. The molecule has 3 N–H and O–H groups in total. The number of carbonyl (C=O) groups is 4. The third-order valence-electron chi connectivity index (χ3n) is 6.62. The van der Waals surface area contributed by atoms with Crippen LogP contribution in [0.4, 0.5) is 4.79 Å². The van der Waals surface area contributed by atoms with Gasteiger partial charge in [0.1, 0.15) is 23.4 Å². The van der Waals surface area contributed by atoms with Crippen LogP contribution >= 0.6 is 0 Å². The first-order valence-electron chi connectivity index (χ1n) is 14.8. The van der Waals surface area contributed by atoms with Crippen molar-refractivity contribution in [2.45, 2.75) is 91.8 Å². The van der Waals surface area contributed by atoms with Gasteiger partial charge in [0.2, 0.25) is 11.8 Å². The van der Waals surface area contributed by atoms with E-state index in [-0.39, 0.29) is 38.3 Å². The molecular formula is C33H47N3O7. The zero-order valence-corrected chi connectivity index (χ0v) is 26.5. The highest BCUT2D eigenvalue weighted by atomic mass is 16.6. The highest BCUT2D eigenvalue weighted by Gasteiger charge is 2.37. The number of ether oxygens (including phenoxy) is 2. The molecule has 236 valence electrons. The number of carbonyl (C=O) groups excluding carboxylic acids is 4. The Hall–Kier alpha value is -4.08. The minimum absolute atomic E-state index is 0.00825. The second-order valence-corrected chi connectivity index (χ2v) is 11.6. The first-order valence-corrected chi connectivity index (χ1v) is 14.8. The zero-order chi connectivity index (χ0) is 32.2. The van der Waals surface area contributed by atoms with Crippen LogP contribution in [0.15, 0.2) is 42.5 Å². The number of rotatable bonds is 14. The summed E-state index contributed by atoms with van der Waals surface area (Å²) in [6.07, 6.45) is 0.705. The number of hydrogen-bond acceptors (Lipinski definition) is 7. The molecular weight excluding hydrogens is 550 g/mol. The van der Waals surface area contributed by atoms with Crippen molar-refractivity contribution < 1.29 is 33.8 Å². The highest BCUT2D eigenvalue weighted by Crippen LogP contribution is 2.28. The maximum atomic E-state index is 14.5. The maximum absolute atomic E-state index is 14.5. The SMILES string of the molecule is CCCCN(C(=O)C(Cc1ccc(O)cc1)NC(=O)OC(C)(C)C)C(C(=O)NCCC(=O)OCC)c1cc(C)ccc1C. The lowest BCUT2D eigenvalue weighted by Crippen LogP contribution is -2.54. The summed E-state index contributed by atoms with van der Waals surface area (Å²) in [6, 6.07) is 9.99. The summed E-state index contributed by atoms with van der Waals surface area (Å²) in [5.41, 5.74) is 2.29. The van der Waals surface area contributed by atoms with Crippen molar-refractivity contribution in [2.75, 3.05) is 19.7 Å². The van der Waals surface area contributed by atoms with Crippen molar-refractivity contribution in [3.63, 3.8) is 0 Å². The van der Waals surface area contributed by atoms with Crippen LogP contribution in [0.25, 0.3) is 0 Å². The number of nitrogens with one attached hydrogen (secondary N) is 2. The minimum atomic E-state index is -1.07. The van der Waals surface area contributed by atoms with Gasteiger partial charge >= 0.3 is 12.1 Å². The summed E-state index contributed by atoms with van der Waals surface area (Å²) >= 11 is 0. The standard InChI is InChI=1S/C33H47N3O7/c1-8-10-19-36(29(26-20-22(3)11-12-23(26)4)30(39)34-18-17-28(38)42-9-2)31(40)27(35-32(41)43-33(5,6)7)21-24-13-15-25(37)16-14-24/h11-16,20,27,29,37H,8-10,17-19,21H2,1-7H3,(H,34,39)(H,35,41). The molecule has 10 nitrogen and oxygen atoms in total. The van der Waals surface area contributed by atoms with E-state index in [9.17, 15) is 24.3 Å². The Morgan fingerprint density at radius 1 is 1.00 bits per heavy atom. The van der Waals surface area contributed by atoms with Crippen LogP contribution in [-0.2, 0) is 30.3 Å². The monoisotopic (exact) mass is 597 g/mol. The molecule has 2 aromatic carbocycles.